The van der Waals surface area contributed by atoms with Crippen LogP contribution in [0.5, 0.6) is 5.75 Å². The molecule has 1 heterocycles. The number of allylic oxidation sites excluding steroid dienone is 1. The summed E-state index contributed by atoms with van der Waals surface area (Å²) < 4.78 is 53.1. The molecular weight excluding hydrogens is 510 g/mol. The maximum atomic E-state index is 11.5. The number of nitrogens with zero attached hydrogens (tertiary/aromatic N) is 1. The first-order valence-electron chi connectivity index (χ1n) is 15.4. The number of hydrogen-bond acceptors (Lipinski definition) is 6. The highest BCUT2D eigenvalue weighted by atomic mass is 16.6. The van der Waals surface area contributed by atoms with Crippen molar-refractivity contribution in [3.8, 4) is 5.75 Å². The fraction of sp³-hybridized carbons (Fsp3) is 0.344. The minimum atomic E-state index is -2.96. The van der Waals surface area contributed by atoms with E-state index in [0.29, 0.717) is 28.0 Å². The minimum absolute atomic E-state index is 0.0278. The molecule has 0 spiro atoms. The Labute approximate surface area is 242 Å². The summed E-state index contributed by atoms with van der Waals surface area (Å²) in [5, 5.41) is 40.1. The molecule has 8 nitrogen and oxygen atoms in total. The van der Waals surface area contributed by atoms with E-state index in [9.17, 15) is 25.2 Å². The van der Waals surface area contributed by atoms with Gasteiger partial charge in [-0.25, -0.2) is 4.79 Å². The van der Waals surface area contributed by atoms with Crippen LogP contribution in [0, 0.1) is 0 Å². The average molecular weight is 554 g/mol. The Bertz CT molecular complexity index is 1480. The van der Waals surface area contributed by atoms with E-state index in [-0.39, 0.29) is 23.2 Å². The number of rotatable bonds is 10. The molecule has 40 heavy (non-hydrogen) atoms. The molecule has 3 aromatic carbocycles. The van der Waals surface area contributed by atoms with Gasteiger partial charge in [0.1, 0.15) is 31.1 Å². The van der Waals surface area contributed by atoms with Crippen molar-refractivity contribution in [1.82, 2.24) is 0 Å². The summed E-state index contributed by atoms with van der Waals surface area (Å²) in [4.78, 5) is 11.5. The van der Waals surface area contributed by atoms with Crippen LogP contribution >= 0.6 is 0 Å². The van der Waals surface area contributed by atoms with Gasteiger partial charge in [0, 0.05) is 6.85 Å². The van der Waals surface area contributed by atoms with Crippen molar-refractivity contribution in [1.29, 1.82) is 0 Å². The average Bonchev–Trinajstić information content (AvgIpc) is 2.99. The Hall–Kier alpha value is -3.53. The molecule has 8 heteroatoms. The number of quaternary nitrogens is 1. The van der Waals surface area contributed by atoms with Crippen LogP contribution in [-0.4, -0.2) is 88.8 Å². The molecule has 1 aliphatic rings. The third-order valence-corrected chi connectivity index (χ3v) is 7.10. The normalized spacial score (nSPS) is 26.3. The van der Waals surface area contributed by atoms with Crippen LogP contribution in [-0.2, 0) is 9.53 Å². The van der Waals surface area contributed by atoms with Gasteiger partial charge in [0.2, 0.25) is 6.23 Å². The Morgan fingerprint density at radius 2 is 1.45 bits per heavy atom. The Kier molecular flexibility index (Phi) is 7.40. The van der Waals surface area contributed by atoms with E-state index >= 15 is 0 Å². The molecule has 0 bridgehead atoms. The maximum Gasteiger partial charge on any atom is 0.335 e. The monoisotopic (exact) mass is 553 g/mol. The van der Waals surface area contributed by atoms with E-state index in [4.69, 9.17) is 16.3 Å². The van der Waals surface area contributed by atoms with Crippen LogP contribution in [0.15, 0.2) is 84.9 Å². The van der Waals surface area contributed by atoms with E-state index in [1.54, 1.807) is 93.0 Å². The van der Waals surface area contributed by atoms with E-state index in [1.165, 1.54) is 0 Å². The number of carbonyl (C=O) groups is 1. The summed E-state index contributed by atoms with van der Waals surface area (Å²) in [6.45, 7) is -2.63. The van der Waals surface area contributed by atoms with Gasteiger partial charge in [0.05, 0.1) is 14.1 Å². The maximum absolute atomic E-state index is 11.5. The van der Waals surface area contributed by atoms with Gasteiger partial charge in [-0.05, 0) is 46.3 Å². The zero-order valence-electron chi connectivity index (χ0n) is 27.3. The predicted octanol–water partition coefficient (Wildman–Crippen LogP) is 3.40. The molecular formula is C32H38NO7+. The lowest BCUT2D eigenvalue weighted by Crippen LogP contribution is -2.68. The number of aliphatic hydroxyl groups excluding tert-OH is 3. The van der Waals surface area contributed by atoms with Gasteiger partial charge >= 0.3 is 5.97 Å². The lowest BCUT2D eigenvalue weighted by molar-refractivity contribution is -0.944. The zero-order valence-corrected chi connectivity index (χ0v) is 22.3. The molecule has 1 saturated heterocycles. The molecule has 1 aliphatic heterocycles. The number of carboxylic acid groups (broad SMARTS) is 1. The van der Waals surface area contributed by atoms with E-state index in [1.807, 2.05) is 6.07 Å². The highest BCUT2D eigenvalue weighted by Crippen LogP contribution is 2.35. The summed E-state index contributed by atoms with van der Waals surface area (Å²) in [5.41, 5.74) is 2.09. The third kappa shape index (κ3) is 6.43. The van der Waals surface area contributed by atoms with Gasteiger partial charge in [-0.2, -0.15) is 0 Å². The van der Waals surface area contributed by atoms with Crippen molar-refractivity contribution in [3.63, 3.8) is 0 Å². The number of aliphatic hydroxyl groups is 3. The second kappa shape index (κ2) is 12.8. The number of likely N-dealkylation sites (N-methyl/N-ethyl adjacent to an activating group) is 1. The molecule has 0 saturated carbocycles. The molecule has 0 amide bonds. The van der Waals surface area contributed by atoms with Gasteiger partial charge < -0.3 is 29.9 Å². The van der Waals surface area contributed by atoms with Crippen molar-refractivity contribution < 1.29 is 46.0 Å². The fourth-order valence-electron chi connectivity index (χ4n) is 4.83. The molecule has 0 aromatic heterocycles. The minimum Gasteiger partial charge on any atom is -0.488 e. The van der Waals surface area contributed by atoms with E-state index in [0.717, 1.165) is 0 Å². The standard InChI is InChI=1S/C32H37NO7/c1-4-25(21-11-7-5-8-12-21)26(22-13-9-6-10-14-22)23-15-17-24(18-16-23)39-20-19-33(2,3)31-29(36)27(34)28(35)30(40-31)32(37)38/h5-18,27-31,34-36H,4,19-20H2,1-3H3/p+1/b26-25-/t27-,28-,29+,30-,31+/m0/s1/i1D3,4D2. The molecule has 1 fully saturated rings. The summed E-state index contributed by atoms with van der Waals surface area (Å²) in [5.74, 6) is -1.00. The van der Waals surface area contributed by atoms with E-state index < -0.39 is 49.8 Å². The van der Waals surface area contributed by atoms with Crippen molar-refractivity contribution in [2.24, 2.45) is 0 Å². The zero-order chi connectivity index (χ0) is 33.2. The summed E-state index contributed by atoms with van der Waals surface area (Å²) >= 11 is 0. The van der Waals surface area contributed by atoms with Crippen LogP contribution in [0.2, 0.25) is 0 Å². The number of aliphatic carboxylic acids is 1. The quantitative estimate of drug-likeness (QED) is 0.225. The van der Waals surface area contributed by atoms with Gasteiger partial charge in [0.15, 0.2) is 12.2 Å². The molecule has 5 atom stereocenters. The summed E-state index contributed by atoms with van der Waals surface area (Å²) in [6.07, 6.45) is -10.6. The SMILES string of the molecule is [2H]C([2H])([2H])C([2H])([2H])/C(=C(\c1ccccc1)c1ccc(OCC[N+](C)(C)[C@@H]2O[C@H](C(=O)O)[C@@H](O)[C@H](O)[C@H]2O)cc1)c1ccccc1. The molecule has 3 aromatic rings. The first kappa shape index (κ1) is 23.2. The topological polar surface area (TPSA) is 116 Å². The van der Waals surface area contributed by atoms with Crippen LogP contribution < -0.4 is 4.74 Å². The number of ether oxygens (including phenoxy) is 2. The van der Waals surface area contributed by atoms with Crippen LogP contribution in [0.3, 0.4) is 0 Å². The van der Waals surface area contributed by atoms with Gasteiger partial charge in [-0.1, -0.05) is 79.6 Å². The Balaban J connectivity index is 1.62. The van der Waals surface area contributed by atoms with Gasteiger partial charge in [0.25, 0.3) is 0 Å². The Morgan fingerprint density at radius 3 is 2.02 bits per heavy atom. The third-order valence-electron chi connectivity index (χ3n) is 7.10. The smallest absolute Gasteiger partial charge is 0.335 e. The summed E-state index contributed by atoms with van der Waals surface area (Å²) in [7, 11) is 3.34. The largest absolute Gasteiger partial charge is 0.488 e. The van der Waals surface area contributed by atoms with Crippen molar-refractivity contribution >= 4 is 17.1 Å². The predicted molar refractivity (Wildman–Crippen MR) is 152 cm³/mol. The highest BCUT2D eigenvalue weighted by molar-refractivity contribution is 5.98. The second-order valence-corrected chi connectivity index (χ2v) is 10.2. The van der Waals surface area contributed by atoms with Crippen molar-refractivity contribution in [3.05, 3.63) is 102 Å². The van der Waals surface area contributed by atoms with Crippen molar-refractivity contribution in [2.75, 3.05) is 27.2 Å². The lowest BCUT2D eigenvalue weighted by atomic mass is 9.88. The number of hydrogen-bond donors (Lipinski definition) is 4. The first-order chi connectivity index (χ1) is 21.1. The van der Waals surface area contributed by atoms with Crippen LogP contribution in [0.4, 0.5) is 0 Å². The molecule has 4 rings (SSSR count). The summed E-state index contributed by atoms with van der Waals surface area (Å²) in [6, 6.07) is 24.4. The first-order valence-corrected chi connectivity index (χ1v) is 12.9. The fourth-order valence-corrected chi connectivity index (χ4v) is 4.83. The molecule has 212 valence electrons. The second-order valence-electron chi connectivity index (χ2n) is 10.2. The number of carboxylic acids is 1. The van der Waals surface area contributed by atoms with Gasteiger partial charge in [-0.15, -0.1) is 0 Å². The molecule has 0 aliphatic carbocycles. The van der Waals surface area contributed by atoms with Crippen LogP contribution in [0.25, 0.3) is 11.1 Å². The number of benzene rings is 3. The van der Waals surface area contributed by atoms with Crippen molar-refractivity contribution in [2.45, 2.75) is 43.9 Å². The molecule has 4 N–H and O–H groups in total. The van der Waals surface area contributed by atoms with Gasteiger partial charge in [-0.3, -0.25) is 4.48 Å². The highest BCUT2D eigenvalue weighted by Gasteiger charge is 2.52. The lowest BCUT2D eigenvalue weighted by Gasteiger charge is -2.46. The molecule has 0 radical (unpaired) electrons. The van der Waals surface area contributed by atoms with Crippen LogP contribution in [0.1, 0.15) is 36.8 Å². The molecule has 0 unspecified atom stereocenters. The van der Waals surface area contributed by atoms with E-state index in [2.05, 4.69) is 0 Å². The Morgan fingerprint density at radius 1 is 0.875 bits per heavy atom.